The number of alkyl halides is 3. The molecular formula is C8H5F3N2O2S. The second-order valence-electron chi connectivity index (χ2n) is 2.56. The highest BCUT2D eigenvalue weighted by Crippen LogP contribution is 2.24. The molecule has 0 radical (unpaired) electrons. The second kappa shape index (κ2) is 4.46. The Kier molecular flexibility index (Phi) is 3.46. The van der Waals surface area contributed by atoms with Crippen LogP contribution in [0.25, 0.3) is 0 Å². The van der Waals surface area contributed by atoms with E-state index in [9.17, 15) is 21.6 Å². The van der Waals surface area contributed by atoms with Crippen LogP contribution in [-0.2, 0) is 10.0 Å². The van der Waals surface area contributed by atoms with Gasteiger partial charge >= 0.3 is 15.5 Å². The van der Waals surface area contributed by atoms with Gasteiger partial charge in [0.05, 0.1) is 5.69 Å². The summed E-state index contributed by atoms with van der Waals surface area (Å²) in [5.41, 5.74) is -5.17. The summed E-state index contributed by atoms with van der Waals surface area (Å²) in [6, 6.07) is 9.25. The first-order chi connectivity index (χ1) is 7.33. The molecule has 0 fully saturated rings. The van der Waals surface area contributed by atoms with E-state index in [1.165, 1.54) is 18.1 Å². The van der Waals surface area contributed by atoms with E-state index in [0.29, 0.717) is 0 Å². The Morgan fingerprint density at radius 1 is 1.12 bits per heavy atom. The third kappa shape index (κ3) is 3.18. The summed E-state index contributed by atoms with van der Waals surface area (Å²) in [6.07, 6.45) is 0. The minimum atomic E-state index is -5.55. The van der Waals surface area contributed by atoms with E-state index >= 15 is 0 Å². The fourth-order valence-electron chi connectivity index (χ4n) is 0.686. The van der Waals surface area contributed by atoms with Crippen LogP contribution in [0.1, 0.15) is 0 Å². The van der Waals surface area contributed by atoms with Crippen molar-refractivity contribution in [3.8, 4) is 0 Å². The minimum absolute atomic E-state index is 0.253. The number of aliphatic imine (C=N–C) groups is 1. The molecule has 1 rings (SSSR count). The highest BCUT2D eigenvalue weighted by Gasteiger charge is 2.46. The Hall–Kier alpha value is -1.66. The van der Waals surface area contributed by atoms with Gasteiger partial charge in [-0.1, -0.05) is 22.6 Å². The van der Waals surface area contributed by atoms with Gasteiger partial charge in [0.2, 0.25) is 0 Å². The Morgan fingerprint density at radius 3 is 2.19 bits per heavy atom. The first-order valence-electron chi connectivity index (χ1n) is 3.87. The van der Waals surface area contributed by atoms with Crippen molar-refractivity contribution in [1.82, 2.24) is 0 Å². The van der Waals surface area contributed by atoms with Gasteiger partial charge in [0.15, 0.2) is 0 Å². The third-order valence-electron chi connectivity index (χ3n) is 1.39. The summed E-state index contributed by atoms with van der Waals surface area (Å²) in [5, 5.41) is 0. The molecule has 16 heavy (non-hydrogen) atoms. The lowest BCUT2D eigenvalue weighted by atomic mass is 10.3. The highest BCUT2D eigenvalue weighted by molar-refractivity contribution is 7.91. The van der Waals surface area contributed by atoms with Crippen LogP contribution in [0.5, 0.6) is 0 Å². The molecule has 0 aliphatic rings. The first kappa shape index (κ1) is 12.4. The number of hydrogen-bond acceptors (Lipinski definition) is 3. The number of hydrogen-bond donors (Lipinski definition) is 0. The summed E-state index contributed by atoms with van der Waals surface area (Å²) in [4.78, 5) is 3.31. The maximum Gasteiger partial charge on any atom is 0.519 e. The van der Waals surface area contributed by atoms with Gasteiger partial charge in [0.25, 0.3) is 0 Å². The zero-order chi connectivity index (χ0) is 12.2. The van der Waals surface area contributed by atoms with Crippen LogP contribution in [0.4, 0.5) is 18.9 Å². The average molecular weight is 250 g/mol. The molecule has 0 saturated heterocycles. The van der Waals surface area contributed by atoms with E-state index in [4.69, 9.17) is 0 Å². The fourth-order valence-corrected chi connectivity index (χ4v) is 0.938. The predicted octanol–water partition coefficient (Wildman–Crippen LogP) is 2.34. The van der Waals surface area contributed by atoms with Crippen molar-refractivity contribution in [3.05, 3.63) is 30.3 Å². The van der Waals surface area contributed by atoms with Gasteiger partial charge in [-0.05, 0) is 12.1 Å². The van der Waals surface area contributed by atoms with E-state index in [1.54, 1.807) is 18.2 Å². The molecule has 0 saturated carbocycles. The molecule has 0 unspecified atom stereocenters. The quantitative estimate of drug-likeness (QED) is 0.756. The predicted molar refractivity (Wildman–Crippen MR) is 50.9 cm³/mol. The van der Waals surface area contributed by atoms with Crippen LogP contribution >= 0.6 is 0 Å². The van der Waals surface area contributed by atoms with Gasteiger partial charge < -0.3 is 0 Å². The number of para-hydroxylation sites is 1. The SMILES string of the molecule is O=S(=O)(N=C=Nc1ccccc1)C(F)(F)F. The van der Waals surface area contributed by atoms with Crippen LogP contribution in [0.3, 0.4) is 0 Å². The summed E-state index contributed by atoms with van der Waals surface area (Å²) in [5.74, 6) is 0. The van der Waals surface area contributed by atoms with E-state index in [-0.39, 0.29) is 5.69 Å². The Labute approximate surface area is 89.2 Å². The van der Waals surface area contributed by atoms with E-state index in [0.717, 1.165) is 0 Å². The normalized spacial score (nSPS) is 11.7. The molecule has 0 spiro atoms. The molecule has 0 N–H and O–H groups in total. The molecule has 0 aliphatic carbocycles. The van der Waals surface area contributed by atoms with Gasteiger partial charge in [-0.2, -0.15) is 26.6 Å². The van der Waals surface area contributed by atoms with Crippen LogP contribution in [0, 0.1) is 0 Å². The number of benzene rings is 1. The molecule has 0 atom stereocenters. The van der Waals surface area contributed by atoms with Crippen molar-refractivity contribution in [3.63, 3.8) is 0 Å². The van der Waals surface area contributed by atoms with Crippen LogP contribution < -0.4 is 0 Å². The van der Waals surface area contributed by atoms with Gasteiger partial charge in [0, 0.05) is 0 Å². The van der Waals surface area contributed by atoms with Crippen molar-refractivity contribution in [2.24, 2.45) is 9.39 Å². The number of nitrogens with zero attached hydrogens (tertiary/aromatic N) is 2. The molecule has 0 aliphatic heterocycles. The molecule has 1 aromatic carbocycles. The van der Waals surface area contributed by atoms with Gasteiger partial charge in [-0.15, -0.1) is 0 Å². The lowest BCUT2D eigenvalue weighted by molar-refractivity contribution is -0.0435. The largest absolute Gasteiger partial charge is 0.519 e. The number of halogens is 3. The minimum Gasteiger partial charge on any atom is -0.194 e. The van der Waals surface area contributed by atoms with E-state index in [2.05, 4.69) is 9.39 Å². The Bertz CT molecular complexity index is 516. The van der Waals surface area contributed by atoms with Crippen LogP contribution in [0.15, 0.2) is 39.7 Å². The monoisotopic (exact) mass is 250 g/mol. The van der Waals surface area contributed by atoms with Crippen LogP contribution in [0.2, 0.25) is 0 Å². The van der Waals surface area contributed by atoms with Crippen molar-refractivity contribution in [2.75, 3.05) is 0 Å². The summed E-state index contributed by atoms with van der Waals surface area (Å²) in [6.45, 7) is 0. The average Bonchev–Trinajstić information content (AvgIpc) is 2.17. The van der Waals surface area contributed by atoms with Crippen molar-refractivity contribution < 1.29 is 21.6 Å². The van der Waals surface area contributed by atoms with Gasteiger partial charge in [-0.25, -0.2) is 0 Å². The second-order valence-corrected chi connectivity index (χ2v) is 4.16. The third-order valence-corrected chi connectivity index (χ3v) is 2.30. The zero-order valence-corrected chi connectivity index (χ0v) is 8.46. The Balaban J connectivity index is 2.95. The van der Waals surface area contributed by atoms with Gasteiger partial charge in [0.1, 0.15) is 6.01 Å². The number of rotatable bonds is 2. The lowest BCUT2D eigenvalue weighted by Crippen LogP contribution is -2.20. The molecule has 1 aromatic rings. The van der Waals surface area contributed by atoms with Crippen molar-refractivity contribution in [1.29, 1.82) is 0 Å². The topological polar surface area (TPSA) is 58.9 Å². The van der Waals surface area contributed by atoms with Crippen molar-refractivity contribution in [2.45, 2.75) is 5.51 Å². The molecule has 0 aromatic heterocycles. The molecule has 86 valence electrons. The maximum absolute atomic E-state index is 11.8. The molecule has 8 heteroatoms. The smallest absolute Gasteiger partial charge is 0.194 e. The standard InChI is InChI=1S/C8H5F3N2O2S/c9-8(10,11)16(14,15)13-6-12-7-4-2-1-3-5-7/h1-5H. The summed E-state index contributed by atoms with van der Waals surface area (Å²) >= 11 is 0. The zero-order valence-electron chi connectivity index (χ0n) is 7.64. The first-order valence-corrected chi connectivity index (χ1v) is 5.31. The molecule has 0 amide bonds. The summed E-state index contributed by atoms with van der Waals surface area (Å²) in [7, 11) is -5.55. The maximum atomic E-state index is 11.8. The Morgan fingerprint density at radius 2 is 1.69 bits per heavy atom. The molecule has 0 bridgehead atoms. The van der Waals surface area contributed by atoms with E-state index in [1.807, 2.05) is 0 Å². The fraction of sp³-hybridized carbons (Fsp3) is 0.125. The molecular weight excluding hydrogens is 245 g/mol. The highest BCUT2D eigenvalue weighted by atomic mass is 32.2. The molecule has 4 nitrogen and oxygen atoms in total. The van der Waals surface area contributed by atoms with Gasteiger partial charge in [-0.3, -0.25) is 0 Å². The van der Waals surface area contributed by atoms with E-state index < -0.39 is 15.5 Å². The molecule has 0 heterocycles. The lowest BCUT2D eigenvalue weighted by Gasteiger charge is -1.98. The summed E-state index contributed by atoms with van der Waals surface area (Å²) < 4.78 is 58.5. The van der Waals surface area contributed by atoms with Crippen molar-refractivity contribution >= 4 is 21.7 Å². The van der Waals surface area contributed by atoms with Crippen LogP contribution in [-0.4, -0.2) is 19.9 Å². The number of sulfonamides is 1.